The second-order valence-corrected chi connectivity index (χ2v) is 4.22. The highest BCUT2D eigenvalue weighted by Crippen LogP contribution is 2.25. The van der Waals surface area contributed by atoms with Crippen LogP contribution in [0, 0.1) is 0 Å². The first kappa shape index (κ1) is 13.8. The Labute approximate surface area is 94.5 Å². The van der Waals surface area contributed by atoms with Gasteiger partial charge in [0.25, 0.3) is 0 Å². The van der Waals surface area contributed by atoms with E-state index in [1.54, 1.807) is 0 Å². The van der Waals surface area contributed by atoms with E-state index in [0.717, 1.165) is 26.0 Å². The average molecular weight is 239 g/mol. The quantitative estimate of drug-likeness (QED) is 0.769. The van der Waals surface area contributed by atoms with Gasteiger partial charge in [-0.05, 0) is 32.2 Å². The van der Waals surface area contributed by atoms with E-state index >= 15 is 0 Å². The van der Waals surface area contributed by atoms with Gasteiger partial charge in [0.2, 0.25) is 0 Å². The lowest BCUT2D eigenvalue weighted by Gasteiger charge is -2.23. The van der Waals surface area contributed by atoms with Crippen molar-refractivity contribution in [3.63, 3.8) is 0 Å². The van der Waals surface area contributed by atoms with Crippen molar-refractivity contribution in [2.75, 3.05) is 13.2 Å². The number of hydrogen-bond donors (Lipinski definition) is 1. The molecule has 0 aliphatic carbocycles. The summed E-state index contributed by atoms with van der Waals surface area (Å²) in [6.45, 7) is 3.48. The molecule has 0 bridgehead atoms. The zero-order valence-corrected chi connectivity index (χ0v) is 9.65. The summed E-state index contributed by atoms with van der Waals surface area (Å²) in [5.41, 5.74) is 0. The molecule has 1 aliphatic heterocycles. The molecule has 0 amide bonds. The molecule has 2 nitrogen and oxygen atoms in total. The summed E-state index contributed by atoms with van der Waals surface area (Å²) in [6.07, 6.45) is -1.92. The molecular weight excluding hydrogens is 219 g/mol. The predicted octanol–water partition coefficient (Wildman–Crippen LogP) is 2.88. The van der Waals surface area contributed by atoms with Crippen LogP contribution < -0.4 is 5.32 Å². The Morgan fingerprint density at radius 2 is 2.19 bits per heavy atom. The van der Waals surface area contributed by atoms with Crippen molar-refractivity contribution in [2.45, 2.75) is 57.3 Å². The maximum atomic E-state index is 12.0. The SMILES string of the molecule is CCNC(CCCC(F)(F)F)C1CCCO1. The molecular formula is C11H20F3NO. The lowest BCUT2D eigenvalue weighted by atomic mass is 10.0. The van der Waals surface area contributed by atoms with Crippen molar-refractivity contribution >= 4 is 0 Å². The van der Waals surface area contributed by atoms with Gasteiger partial charge in [-0.3, -0.25) is 0 Å². The van der Waals surface area contributed by atoms with Crippen LogP contribution in [0.15, 0.2) is 0 Å². The molecule has 96 valence electrons. The third kappa shape index (κ3) is 5.16. The van der Waals surface area contributed by atoms with E-state index in [2.05, 4.69) is 5.32 Å². The van der Waals surface area contributed by atoms with Gasteiger partial charge in [0.1, 0.15) is 0 Å². The molecule has 2 atom stereocenters. The molecule has 0 aromatic carbocycles. The van der Waals surface area contributed by atoms with E-state index in [4.69, 9.17) is 4.74 Å². The Balaban J connectivity index is 2.27. The third-order valence-corrected chi connectivity index (χ3v) is 2.86. The molecule has 1 fully saturated rings. The first-order valence-electron chi connectivity index (χ1n) is 5.94. The topological polar surface area (TPSA) is 21.3 Å². The van der Waals surface area contributed by atoms with E-state index < -0.39 is 12.6 Å². The number of ether oxygens (including phenoxy) is 1. The number of rotatable bonds is 6. The van der Waals surface area contributed by atoms with Gasteiger partial charge in [-0.25, -0.2) is 0 Å². The number of alkyl halides is 3. The van der Waals surface area contributed by atoms with Crippen molar-refractivity contribution in [3.8, 4) is 0 Å². The summed E-state index contributed by atoms with van der Waals surface area (Å²) in [4.78, 5) is 0. The molecule has 1 rings (SSSR count). The van der Waals surface area contributed by atoms with Gasteiger partial charge < -0.3 is 10.1 Å². The fourth-order valence-corrected chi connectivity index (χ4v) is 2.12. The third-order valence-electron chi connectivity index (χ3n) is 2.86. The van der Waals surface area contributed by atoms with Crippen LogP contribution in [0.4, 0.5) is 13.2 Å². The minimum atomic E-state index is -4.03. The lowest BCUT2D eigenvalue weighted by Crippen LogP contribution is -2.39. The van der Waals surface area contributed by atoms with Crippen LogP contribution in [0.5, 0.6) is 0 Å². The molecule has 0 aromatic rings. The Kier molecular flexibility index (Phi) is 5.55. The van der Waals surface area contributed by atoms with Gasteiger partial charge in [-0.15, -0.1) is 0 Å². The maximum absolute atomic E-state index is 12.0. The van der Waals surface area contributed by atoms with Crippen molar-refractivity contribution < 1.29 is 17.9 Å². The first-order valence-corrected chi connectivity index (χ1v) is 5.94. The molecule has 1 saturated heterocycles. The van der Waals surface area contributed by atoms with Crippen LogP contribution in [-0.2, 0) is 4.74 Å². The fourth-order valence-electron chi connectivity index (χ4n) is 2.12. The van der Waals surface area contributed by atoms with E-state index in [0.29, 0.717) is 6.42 Å². The van der Waals surface area contributed by atoms with Gasteiger partial charge >= 0.3 is 6.18 Å². The maximum Gasteiger partial charge on any atom is 0.389 e. The Bertz CT molecular complexity index is 190. The van der Waals surface area contributed by atoms with E-state index in [1.165, 1.54) is 0 Å². The molecule has 0 spiro atoms. The molecule has 0 radical (unpaired) electrons. The lowest BCUT2D eigenvalue weighted by molar-refractivity contribution is -0.136. The van der Waals surface area contributed by atoms with Gasteiger partial charge in [-0.2, -0.15) is 13.2 Å². The van der Waals surface area contributed by atoms with Crippen LogP contribution in [-0.4, -0.2) is 31.5 Å². The molecule has 1 N–H and O–H groups in total. The molecule has 16 heavy (non-hydrogen) atoms. The van der Waals surface area contributed by atoms with E-state index in [1.807, 2.05) is 6.92 Å². The largest absolute Gasteiger partial charge is 0.389 e. The second kappa shape index (κ2) is 6.45. The standard InChI is InChI=1S/C11H20F3NO/c1-2-15-9(10-6-4-8-16-10)5-3-7-11(12,13)14/h9-10,15H,2-8H2,1H3. The summed E-state index contributed by atoms with van der Waals surface area (Å²) >= 11 is 0. The van der Waals surface area contributed by atoms with Crippen molar-refractivity contribution in [1.82, 2.24) is 5.32 Å². The fraction of sp³-hybridized carbons (Fsp3) is 1.00. The van der Waals surface area contributed by atoms with Crippen LogP contribution in [0.1, 0.15) is 39.0 Å². The van der Waals surface area contributed by atoms with E-state index in [9.17, 15) is 13.2 Å². The first-order chi connectivity index (χ1) is 7.53. The van der Waals surface area contributed by atoms with E-state index in [-0.39, 0.29) is 18.6 Å². The summed E-state index contributed by atoms with van der Waals surface area (Å²) in [5.74, 6) is 0. The minimum Gasteiger partial charge on any atom is -0.377 e. The van der Waals surface area contributed by atoms with Gasteiger partial charge in [0, 0.05) is 19.1 Å². The highest BCUT2D eigenvalue weighted by molar-refractivity contribution is 4.80. The van der Waals surface area contributed by atoms with Gasteiger partial charge in [-0.1, -0.05) is 6.92 Å². The monoisotopic (exact) mass is 239 g/mol. The summed E-state index contributed by atoms with van der Waals surface area (Å²) < 4.78 is 41.6. The molecule has 2 unspecified atom stereocenters. The molecule has 5 heteroatoms. The predicted molar refractivity (Wildman–Crippen MR) is 56.3 cm³/mol. The number of hydrogen-bond acceptors (Lipinski definition) is 2. The van der Waals surface area contributed by atoms with Crippen LogP contribution in [0.2, 0.25) is 0 Å². The van der Waals surface area contributed by atoms with Gasteiger partial charge in [0.05, 0.1) is 6.10 Å². The Hall–Kier alpha value is -0.290. The molecule has 0 saturated carbocycles. The van der Waals surface area contributed by atoms with Crippen molar-refractivity contribution in [1.29, 1.82) is 0 Å². The number of likely N-dealkylation sites (N-methyl/N-ethyl adjacent to an activating group) is 1. The normalized spacial score (nSPS) is 23.6. The average Bonchev–Trinajstić information content (AvgIpc) is 2.67. The summed E-state index contributed by atoms with van der Waals surface area (Å²) in [7, 11) is 0. The highest BCUT2D eigenvalue weighted by Gasteiger charge is 2.29. The van der Waals surface area contributed by atoms with Gasteiger partial charge in [0.15, 0.2) is 0 Å². The number of nitrogens with one attached hydrogen (secondary N) is 1. The summed E-state index contributed by atoms with van der Waals surface area (Å²) in [5, 5.41) is 3.22. The van der Waals surface area contributed by atoms with Crippen LogP contribution in [0.25, 0.3) is 0 Å². The minimum absolute atomic E-state index is 0.0786. The Morgan fingerprint density at radius 3 is 2.69 bits per heavy atom. The molecule has 1 heterocycles. The zero-order valence-electron chi connectivity index (χ0n) is 9.65. The Morgan fingerprint density at radius 1 is 1.44 bits per heavy atom. The zero-order chi connectivity index (χ0) is 12.0. The van der Waals surface area contributed by atoms with Crippen LogP contribution >= 0.6 is 0 Å². The smallest absolute Gasteiger partial charge is 0.377 e. The van der Waals surface area contributed by atoms with Crippen molar-refractivity contribution in [3.05, 3.63) is 0 Å². The number of halogens is 3. The summed E-state index contributed by atoms with van der Waals surface area (Å²) in [6, 6.07) is 0.0786. The van der Waals surface area contributed by atoms with Crippen molar-refractivity contribution in [2.24, 2.45) is 0 Å². The molecule has 0 aromatic heterocycles. The second-order valence-electron chi connectivity index (χ2n) is 4.22. The molecule has 1 aliphatic rings. The highest BCUT2D eigenvalue weighted by atomic mass is 19.4. The van der Waals surface area contributed by atoms with Crippen LogP contribution in [0.3, 0.4) is 0 Å².